The third-order valence-corrected chi connectivity index (χ3v) is 4.34. The number of hydrogen-bond donors (Lipinski definition) is 0. The zero-order valence-corrected chi connectivity index (χ0v) is 17.0. The molecule has 0 saturated heterocycles. The number of hydrogen-bond acceptors (Lipinski definition) is 6. The van der Waals surface area contributed by atoms with Crippen LogP contribution in [0.5, 0.6) is 0 Å². The van der Waals surface area contributed by atoms with Crippen LogP contribution >= 0.6 is 0 Å². The third kappa shape index (κ3) is 6.70. The van der Waals surface area contributed by atoms with Crippen molar-refractivity contribution in [2.24, 2.45) is 0 Å². The van der Waals surface area contributed by atoms with E-state index in [1.54, 1.807) is 20.8 Å². The fraction of sp³-hybridized carbons (Fsp3) is 0.571. The Hall–Kier alpha value is -2.37. The van der Waals surface area contributed by atoms with Gasteiger partial charge in [-0.2, -0.15) is 0 Å². The lowest BCUT2D eigenvalue weighted by molar-refractivity contribution is 0.0282. The fourth-order valence-corrected chi connectivity index (χ4v) is 2.01. The summed E-state index contributed by atoms with van der Waals surface area (Å²) >= 11 is 0. The highest BCUT2D eigenvalue weighted by atomic mass is 16.6. The van der Waals surface area contributed by atoms with Crippen molar-refractivity contribution in [2.75, 3.05) is 0 Å². The molecule has 1 aromatic carbocycles. The predicted molar refractivity (Wildman–Crippen MR) is 102 cm³/mol. The normalized spacial score (nSPS) is 14.0. The Morgan fingerprint density at radius 3 is 1.56 bits per heavy atom. The molecule has 0 bridgehead atoms. The minimum absolute atomic E-state index is 0.00204. The van der Waals surface area contributed by atoms with Crippen molar-refractivity contribution in [2.45, 2.75) is 79.1 Å². The second kappa shape index (κ2) is 10.7. The summed E-state index contributed by atoms with van der Waals surface area (Å²) < 4.78 is 16.0. The van der Waals surface area contributed by atoms with Crippen LogP contribution in [-0.2, 0) is 14.2 Å². The molecule has 0 amide bonds. The van der Waals surface area contributed by atoms with Gasteiger partial charge in [0.25, 0.3) is 0 Å². The summed E-state index contributed by atoms with van der Waals surface area (Å²) in [6.07, 6.45) is 1.11. The maximum atomic E-state index is 12.6. The highest BCUT2D eigenvalue weighted by Gasteiger charge is 2.24. The number of benzene rings is 1. The summed E-state index contributed by atoms with van der Waals surface area (Å²) in [4.78, 5) is 37.3. The maximum Gasteiger partial charge on any atom is 0.339 e. The predicted octanol–water partition coefficient (Wildman–Crippen LogP) is 4.55. The first-order chi connectivity index (χ1) is 12.7. The second-order valence-corrected chi connectivity index (χ2v) is 6.63. The van der Waals surface area contributed by atoms with Crippen LogP contribution in [-0.4, -0.2) is 36.2 Å². The Balaban J connectivity index is 3.23. The number of ether oxygens (including phenoxy) is 3. The minimum Gasteiger partial charge on any atom is -0.459 e. The largest absolute Gasteiger partial charge is 0.459 e. The highest BCUT2D eigenvalue weighted by Crippen LogP contribution is 2.19. The Morgan fingerprint density at radius 1 is 0.704 bits per heavy atom. The average molecular weight is 378 g/mol. The smallest absolute Gasteiger partial charge is 0.339 e. The molecule has 3 unspecified atom stereocenters. The Morgan fingerprint density at radius 2 is 1.11 bits per heavy atom. The van der Waals surface area contributed by atoms with Crippen molar-refractivity contribution >= 4 is 17.9 Å². The van der Waals surface area contributed by atoms with Crippen LogP contribution in [0.1, 0.15) is 91.9 Å². The van der Waals surface area contributed by atoms with E-state index in [-0.39, 0.29) is 35.0 Å². The van der Waals surface area contributed by atoms with Gasteiger partial charge in [0, 0.05) is 0 Å². The molecule has 0 heterocycles. The van der Waals surface area contributed by atoms with Gasteiger partial charge in [-0.25, -0.2) is 14.4 Å². The molecule has 0 saturated carbocycles. The van der Waals surface area contributed by atoms with Gasteiger partial charge in [-0.1, -0.05) is 20.8 Å². The molecule has 0 radical (unpaired) electrons. The van der Waals surface area contributed by atoms with E-state index in [0.717, 1.165) is 0 Å². The van der Waals surface area contributed by atoms with E-state index in [9.17, 15) is 14.4 Å². The Labute approximate surface area is 161 Å². The van der Waals surface area contributed by atoms with E-state index in [1.165, 1.54) is 18.2 Å². The van der Waals surface area contributed by atoms with Crippen molar-refractivity contribution in [3.63, 3.8) is 0 Å². The molecule has 0 N–H and O–H groups in total. The molecular formula is C21H30O6. The average Bonchev–Trinajstić information content (AvgIpc) is 2.66. The van der Waals surface area contributed by atoms with Gasteiger partial charge in [0.2, 0.25) is 0 Å². The van der Waals surface area contributed by atoms with E-state index in [2.05, 4.69) is 0 Å². The standard InChI is InChI=1S/C21H30O6/c1-7-13(4)25-19(22)16-10-11-17(20(23)26-14(5)8-2)18(12-16)21(24)27-15(6)9-3/h10-15H,7-9H2,1-6H3. The van der Waals surface area contributed by atoms with Crippen LogP contribution in [0.25, 0.3) is 0 Å². The molecule has 1 rings (SSSR count). The molecule has 0 fully saturated rings. The molecule has 150 valence electrons. The van der Waals surface area contributed by atoms with Gasteiger partial charge < -0.3 is 14.2 Å². The van der Waals surface area contributed by atoms with Gasteiger partial charge in [-0.05, 0) is 58.2 Å². The van der Waals surface area contributed by atoms with Crippen LogP contribution in [0.4, 0.5) is 0 Å². The first-order valence-electron chi connectivity index (χ1n) is 9.50. The lowest BCUT2D eigenvalue weighted by Gasteiger charge is -2.16. The molecule has 27 heavy (non-hydrogen) atoms. The molecule has 1 aromatic rings. The minimum atomic E-state index is -0.668. The molecule has 0 spiro atoms. The van der Waals surface area contributed by atoms with Gasteiger partial charge in [0.15, 0.2) is 0 Å². The van der Waals surface area contributed by atoms with Crippen molar-refractivity contribution in [3.8, 4) is 0 Å². The zero-order chi connectivity index (χ0) is 20.6. The lowest BCUT2D eigenvalue weighted by Crippen LogP contribution is -2.21. The van der Waals surface area contributed by atoms with Crippen LogP contribution in [0.2, 0.25) is 0 Å². The quantitative estimate of drug-likeness (QED) is 0.463. The number of carbonyl (C=O) groups is 3. The Bertz CT molecular complexity index is 667. The summed E-state index contributed by atoms with van der Waals surface area (Å²) in [5, 5.41) is 0. The van der Waals surface area contributed by atoms with Gasteiger partial charge in [-0.15, -0.1) is 0 Å². The van der Waals surface area contributed by atoms with Crippen LogP contribution in [0.15, 0.2) is 18.2 Å². The third-order valence-electron chi connectivity index (χ3n) is 4.34. The van der Waals surface area contributed by atoms with Crippen LogP contribution in [0, 0.1) is 0 Å². The summed E-state index contributed by atoms with van der Waals surface area (Å²) in [6, 6.07) is 4.20. The molecule has 0 aliphatic heterocycles. The van der Waals surface area contributed by atoms with Gasteiger partial charge in [-0.3, -0.25) is 0 Å². The first-order valence-corrected chi connectivity index (χ1v) is 9.50. The van der Waals surface area contributed by atoms with Crippen molar-refractivity contribution in [1.82, 2.24) is 0 Å². The molecule has 6 nitrogen and oxygen atoms in total. The molecule has 3 atom stereocenters. The van der Waals surface area contributed by atoms with Gasteiger partial charge in [0.05, 0.1) is 35.0 Å². The molecular weight excluding hydrogens is 348 g/mol. The SMILES string of the molecule is CCC(C)OC(=O)c1ccc(C(=O)OC(C)CC)c(C(=O)OC(C)CC)c1. The first kappa shape index (κ1) is 22.7. The van der Waals surface area contributed by atoms with Crippen molar-refractivity contribution < 1.29 is 28.6 Å². The van der Waals surface area contributed by atoms with Crippen molar-refractivity contribution in [1.29, 1.82) is 0 Å². The maximum absolute atomic E-state index is 12.6. The molecule has 0 aliphatic rings. The fourth-order valence-electron chi connectivity index (χ4n) is 2.01. The number of esters is 3. The summed E-state index contributed by atoms with van der Waals surface area (Å²) in [6.45, 7) is 11.0. The van der Waals surface area contributed by atoms with E-state index in [0.29, 0.717) is 19.3 Å². The van der Waals surface area contributed by atoms with E-state index in [4.69, 9.17) is 14.2 Å². The summed E-state index contributed by atoms with van der Waals surface area (Å²) in [5.74, 6) is -1.84. The van der Waals surface area contributed by atoms with E-state index >= 15 is 0 Å². The summed E-state index contributed by atoms with van der Waals surface area (Å²) in [7, 11) is 0. The Kier molecular flexibility index (Phi) is 8.98. The molecule has 6 heteroatoms. The van der Waals surface area contributed by atoms with Crippen LogP contribution in [0.3, 0.4) is 0 Å². The highest BCUT2D eigenvalue weighted by molar-refractivity contribution is 6.05. The lowest BCUT2D eigenvalue weighted by atomic mass is 10.0. The van der Waals surface area contributed by atoms with Crippen molar-refractivity contribution in [3.05, 3.63) is 34.9 Å². The van der Waals surface area contributed by atoms with Crippen LogP contribution < -0.4 is 0 Å². The molecule has 0 aliphatic carbocycles. The van der Waals surface area contributed by atoms with E-state index < -0.39 is 17.9 Å². The molecule has 0 aromatic heterocycles. The number of carbonyl (C=O) groups excluding carboxylic acids is 3. The van der Waals surface area contributed by atoms with E-state index in [1.807, 2.05) is 20.8 Å². The zero-order valence-electron chi connectivity index (χ0n) is 17.0. The topological polar surface area (TPSA) is 78.9 Å². The van der Waals surface area contributed by atoms with Gasteiger partial charge >= 0.3 is 17.9 Å². The monoisotopic (exact) mass is 378 g/mol. The van der Waals surface area contributed by atoms with Gasteiger partial charge in [0.1, 0.15) is 0 Å². The summed E-state index contributed by atoms with van der Waals surface area (Å²) in [5.41, 5.74) is 0.261. The second-order valence-electron chi connectivity index (χ2n) is 6.63. The number of rotatable bonds is 9.